The summed E-state index contributed by atoms with van der Waals surface area (Å²) >= 11 is 0. The number of hydrogen-bond donors (Lipinski definition) is 2. The van der Waals surface area contributed by atoms with Crippen LogP contribution < -0.4 is 10.6 Å². The number of furan rings is 1. The number of nitrogens with one attached hydrogen (secondary N) is 2. The molecule has 134 valence electrons. The number of nitrogens with zero attached hydrogens (tertiary/aromatic N) is 2. The van der Waals surface area contributed by atoms with Crippen molar-refractivity contribution in [3.05, 3.63) is 23.7 Å². The lowest BCUT2D eigenvalue weighted by molar-refractivity contribution is -0.128. The van der Waals surface area contributed by atoms with Crippen LogP contribution >= 0.6 is 0 Å². The summed E-state index contributed by atoms with van der Waals surface area (Å²) in [6, 6.07) is 2.79. The molecule has 0 bridgehead atoms. The van der Waals surface area contributed by atoms with Gasteiger partial charge >= 0.3 is 6.03 Å². The van der Waals surface area contributed by atoms with E-state index in [4.69, 9.17) is 4.42 Å². The highest BCUT2D eigenvalue weighted by Gasteiger charge is 2.38. The monoisotopic (exact) mass is 348 g/mol. The minimum atomic E-state index is -0.574. The number of likely N-dealkylation sites (tertiary alicyclic amines) is 1. The average Bonchev–Trinajstić information content (AvgIpc) is 3.19. The SMILES string of the molecule is CC(=O)N1C[C@@H](NC(=O)CN2CC(=O)NC2=O)[C@H](c2ccc(C)o2)C1. The molecule has 5 amide bonds. The number of hydrogen-bond acceptors (Lipinski definition) is 5. The molecule has 9 heteroatoms. The molecule has 0 aliphatic carbocycles. The minimum Gasteiger partial charge on any atom is -0.466 e. The summed E-state index contributed by atoms with van der Waals surface area (Å²) in [6.45, 7) is 3.80. The molecule has 2 fully saturated rings. The topological polar surface area (TPSA) is 112 Å². The van der Waals surface area contributed by atoms with Gasteiger partial charge in [-0.2, -0.15) is 0 Å². The highest BCUT2D eigenvalue weighted by atomic mass is 16.3. The normalized spacial score (nSPS) is 23.1. The van der Waals surface area contributed by atoms with Gasteiger partial charge in [0.1, 0.15) is 24.6 Å². The van der Waals surface area contributed by atoms with Crippen molar-refractivity contribution in [1.82, 2.24) is 20.4 Å². The van der Waals surface area contributed by atoms with Gasteiger partial charge in [0.15, 0.2) is 0 Å². The Morgan fingerprint density at radius 2 is 2.08 bits per heavy atom. The summed E-state index contributed by atoms with van der Waals surface area (Å²) in [7, 11) is 0. The van der Waals surface area contributed by atoms with Crippen molar-refractivity contribution < 1.29 is 23.6 Å². The van der Waals surface area contributed by atoms with Gasteiger partial charge in [-0.15, -0.1) is 0 Å². The molecule has 1 aromatic heterocycles. The molecule has 0 spiro atoms. The quantitative estimate of drug-likeness (QED) is 0.717. The second-order valence-electron chi connectivity index (χ2n) is 6.36. The fourth-order valence-corrected chi connectivity index (χ4v) is 3.18. The van der Waals surface area contributed by atoms with E-state index in [1.165, 1.54) is 6.92 Å². The molecule has 2 aliphatic rings. The van der Waals surface area contributed by atoms with Crippen LogP contribution in [0.5, 0.6) is 0 Å². The smallest absolute Gasteiger partial charge is 0.325 e. The summed E-state index contributed by atoms with van der Waals surface area (Å²) in [5.74, 6) is 0.429. The Morgan fingerprint density at radius 3 is 2.64 bits per heavy atom. The van der Waals surface area contributed by atoms with Crippen molar-refractivity contribution >= 4 is 23.8 Å². The van der Waals surface area contributed by atoms with Gasteiger partial charge in [0, 0.05) is 20.0 Å². The van der Waals surface area contributed by atoms with E-state index in [1.807, 2.05) is 19.1 Å². The zero-order valence-electron chi connectivity index (χ0n) is 14.1. The number of rotatable bonds is 4. The lowest BCUT2D eigenvalue weighted by Crippen LogP contribution is -2.45. The predicted octanol–water partition coefficient (Wildman–Crippen LogP) is -0.430. The Kier molecular flexibility index (Phi) is 4.47. The van der Waals surface area contributed by atoms with Crippen LogP contribution in [0.2, 0.25) is 0 Å². The number of imide groups is 1. The summed E-state index contributed by atoms with van der Waals surface area (Å²) in [6.07, 6.45) is 0. The third-order valence-corrected chi connectivity index (χ3v) is 4.44. The van der Waals surface area contributed by atoms with Crippen LogP contribution in [0.1, 0.15) is 24.4 Å². The molecular formula is C16H20N4O5. The van der Waals surface area contributed by atoms with E-state index < -0.39 is 11.9 Å². The first-order valence-corrected chi connectivity index (χ1v) is 8.03. The maximum absolute atomic E-state index is 12.3. The molecule has 9 nitrogen and oxygen atoms in total. The molecule has 1 aromatic rings. The number of carbonyl (C=O) groups is 4. The zero-order valence-corrected chi connectivity index (χ0v) is 14.1. The summed E-state index contributed by atoms with van der Waals surface area (Å²) in [5, 5.41) is 4.98. The third kappa shape index (κ3) is 3.65. The van der Waals surface area contributed by atoms with E-state index in [-0.39, 0.29) is 36.9 Å². The van der Waals surface area contributed by atoms with Gasteiger partial charge in [-0.3, -0.25) is 19.7 Å². The summed E-state index contributed by atoms with van der Waals surface area (Å²) in [4.78, 5) is 49.5. The summed E-state index contributed by atoms with van der Waals surface area (Å²) in [5.41, 5.74) is 0. The van der Waals surface area contributed by atoms with Crippen molar-refractivity contribution in [2.45, 2.75) is 25.8 Å². The molecule has 0 saturated carbocycles. The fraction of sp³-hybridized carbons (Fsp3) is 0.500. The van der Waals surface area contributed by atoms with Crippen molar-refractivity contribution in [2.75, 3.05) is 26.2 Å². The van der Waals surface area contributed by atoms with Gasteiger partial charge in [-0.05, 0) is 19.1 Å². The molecule has 2 aliphatic heterocycles. The first-order valence-electron chi connectivity index (χ1n) is 8.03. The van der Waals surface area contributed by atoms with Crippen LogP contribution in [0.3, 0.4) is 0 Å². The molecule has 0 unspecified atom stereocenters. The molecule has 0 radical (unpaired) electrons. The van der Waals surface area contributed by atoms with Crippen molar-refractivity contribution in [3.8, 4) is 0 Å². The van der Waals surface area contributed by atoms with E-state index in [0.717, 1.165) is 10.7 Å². The van der Waals surface area contributed by atoms with Crippen LogP contribution in [-0.2, 0) is 14.4 Å². The van der Waals surface area contributed by atoms with Gasteiger partial charge in [-0.1, -0.05) is 0 Å². The Morgan fingerprint density at radius 1 is 1.32 bits per heavy atom. The van der Waals surface area contributed by atoms with Gasteiger partial charge in [0.05, 0.1) is 12.0 Å². The lowest BCUT2D eigenvalue weighted by Gasteiger charge is -2.20. The maximum atomic E-state index is 12.3. The molecule has 3 rings (SSSR count). The fourth-order valence-electron chi connectivity index (χ4n) is 3.18. The molecule has 2 atom stereocenters. The van der Waals surface area contributed by atoms with E-state index in [2.05, 4.69) is 10.6 Å². The molecule has 2 saturated heterocycles. The van der Waals surface area contributed by atoms with Crippen molar-refractivity contribution in [1.29, 1.82) is 0 Å². The lowest BCUT2D eigenvalue weighted by atomic mass is 10.0. The van der Waals surface area contributed by atoms with Crippen LogP contribution in [0.25, 0.3) is 0 Å². The van der Waals surface area contributed by atoms with E-state index in [9.17, 15) is 19.2 Å². The highest BCUT2D eigenvalue weighted by Crippen LogP contribution is 2.29. The third-order valence-electron chi connectivity index (χ3n) is 4.44. The average molecular weight is 348 g/mol. The molecule has 3 heterocycles. The standard InChI is InChI=1S/C16H20N4O5/c1-9-3-4-13(25-9)11-5-19(10(2)21)6-12(11)17-14(22)7-20-8-15(23)18-16(20)24/h3-4,11-12H,5-8H2,1-2H3,(H,17,22)(H,18,23,24)/t11-,12-/m1/s1. The highest BCUT2D eigenvalue weighted by molar-refractivity contribution is 6.03. The van der Waals surface area contributed by atoms with E-state index >= 15 is 0 Å². The van der Waals surface area contributed by atoms with E-state index in [1.54, 1.807) is 4.90 Å². The predicted molar refractivity (Wildman–Crippen MR) is 85.5 cm³/mol. The second kappa shape index (κ2) is 6.58. The first kappa shape index (κ1) is 17.0. The van der Waals surface area contributed by atoms with Gasteiger partial charge in [-0.25, -0.2) is 4.79 Å². The van der Waals surface area contributed by atoms with Crippen molar-refractivity contribution in [3.63, 3.8) is 0 Å². The largest absolute Gasteiger partial charge is 0.466 e. The number of carbonyl (C=O) groups excluding carboxylic acids is 4. The molecular weight excluding hydrogens is 328 g/mol. The number of amides is 5. The second-order valence-corrected chi connectivity index (χ2v) is 6.36. The molecule has 2 N–H and O–H groups in total. The van der Waals surface area contributed by atoms with Crippen molar-refractivity contribution in [2.24, 2.45) is 0 Å². The molecule has 25 heavy (non-hydrogen) atoms. The summed E-state index contributed by atoms with van der Waals surface area (Å²) < 4.78 is 5.66. The zero-order chi connectivity index (χ0) is 18.1. The van der Waals surface area contributed by atoms with Crippen LogP contribution in [-0.4, -0.2) is 65.8 Å². The number of urea groups is 1. The van der Waals surface area contributed by atoms with Gasteiger partial charge < -0.3 is 19.5 Å². The maximum Gasteiger partial charge on any atom is 0.325 e. The van der Waals surface area contributed by atoms with Gasteiger partial charge in [0.25, 0.3) is 0 Å². The van der Waals surface area contributed by atoms with Crippen LogP contribution in [0.4, 0.5) is 4.79 Å². The van der Waals surface area contributed by atoms with Crippen LogP contribution in [0, 0.1) is 6.92 Å². The van der Waals surface area contributed by atoms with E-state index in [0.29, 0.717) is 18.8 Å². The van der Waals surface area contributed by atoms with Crippen LogP contribution in [0.15, 0.2) is 16.5 Å². The number of aryl methyl sites for hydroxylation is 1. The Balaban J connectivity index is 1.67. The Bertz CT molecular complexity index is 728. The molecule has 0 aromatic carbocycles. The van der Waals surface area contributed by atoms with Gasteiger partial charge in [0.2, 0.25) is 17.7 Å². The first-order chi connectivity index (χ1) is 11.8. The Labute approximate surface area is 144 Å². The minimum absolute atomic E-state index is 0.0745. The Hall–Kier alpha value is -2.84.